The Morgan fingerprint density at radius 1 is 1.31 bits per heavy atom. The summed E-state index contributed by atoms with van der Waals surface area (Å²) >= 11 is 6.59. The minimum Gasteiger partial charge on any atom is -0.383 e. The van der Waals surface area contributed by atoms with Gasteiger partial charge in [0, 0.05) is 29.9 Å². The minimum absolute atomic E-state index is 0.0812. The number of nitrogens with zero attached hydrogens (tertiary/aromatic N) is 2. The Bertz CT molecular complexity index is 846. The van der Waals surface area contributed by atoms with Crippen molar-refractivity contribution in [3.8, 4) is 0 Å². The molecule has 29 heavy (non-hydrogen) atoms. The van der Waals surface area contributed by atoms with E-state index in [0.717, 1.165) is 49.4 Å². The summed E-state index contributed by atoms with van der Waals surface area (Å²) in [4.78, 5) is 15.4. The monoisotopic (exact) mass is 416 g/mol. The maximum absolute atomic E-state index is 13.3. The summed E-state index contributed by atoms with van der Waals surface area (Å²) in [5.41, 5.74) is 3.36. The lowest BCUT2D eigenvalue weighted by atomic mass is 10.1. The molecule has 3 heterocycles. The van der Waals surface area contributed by atoms with E-state index in [2.05, 4.69) is 20.9 Å². The average Bonchev–Trinajstić information content (AvgIpc) is 2.88. The predicted molar refractivity (Wildman–Crippen MR) is 117 cm³/mol. The number of amides is 1. The third-order valence-electron chi connectivity index (χ3n) is 5.71. The zero-order chi connectivity index (χ0) is 20.5. The van der Waals surface area contributed by atoms with Crippen LogP contribution in [0.3, 0.4) is 0 Å². The van der Waals surface area contributed by atoms with E-state index >= 15 is 0 Å². The number of nitrogens with two attached hydrogens (primary N) is 1. The molecule has 1 amide bonds. The summed E-state index contributed by atoms with van der Waals surface area (Å²) < 4.78 is 0. The fourth-order valence-corrected chi connectivity index (χ4v) is 4.71. The van der Waals surface area contributed by atoms with E-state index < -0.39 is 6.29 Å². The van der Waals surface area contributed by atoms with Crippen molar-refractivity contribution in [2.75, 3.05) is 23.3 Å². The standard InChI is InChI=1S/C21H29ClN6O/c1-13-10-15(11-14(2)25-13)20(29)28(23)21-26-18-8-5-7-17(22)19(18)27(21)16-6-3-4-9-24-12-16/h5,7-8,10-11,13,16,21,24-26H,3-4,6,9,12,23H2,1-2H3/t13?,16-,21?/m1/s1. The van der Waals surface area contributed by atoms with Gasteiger partial charge in [0.1, 0.15) is 0 Å². The smallest absolute Gasteiger partial charge is 0.271 e. The Kier molecular flexibility index (Phi) is 5.72. The third kappa shape index (κ3) is 3.95. The number of allylic oxidation sites excluding steroid dienone is 1. The lowest BCUT2D eigenvalue weighted by Crippen LogP contribution is -2.60. The topological polar surface area (TPSA) is 85.7 Å². The molecule has 7 nitrogen and oxygen atoms in total. The first-order valence-electron chi connectivity index (χ1n) is 10.2. The second-order valence-corrected chi connectivity index (χ2v) is 8.42. The molecular formula is C21H29ClN6O. The zero-order valence-electron chi connectivity index (χ0n) is 16.9. The fraction of sp³-hybridized carbons (Fsp3) is 0.476. The van der Waals surface area contributed by atoms with Gasteiger partial charge in [-0.25, -0.2) is 10.9 Å². The maximum atomic E-state index is 13.3. The molecule has 4 rings (SSSR count). The van der Waals surface area contributed by atoms with E-state index in [1.807, 2.05) is 44.2 Å². The Morgan fingerprint density at radius 3 is 2.93 bits per heavy atom. The lowest BCUT2D eigenvalue weighted by Gasteiger charge is -2.38. The number of carbonyl (C=O) groups is 1. The summed E-state index contributed by atoms with van der Waals surface area (Å²) in [7, 11) is 0. The van der Waals surface area contributed by atoms with Gasteiger partial charge in [0.2, 0.25) is 0 Å². The SMILES string of the molecule is CC1=CC(C(=O)N(N)C2Nc3cccc(Cl)c3N2[C@@H]2CCCCNC2)=CC(C)N1. The second-order valence-electron chi connectivity index (χ2n) is 8.01. The van der Waals surface area contributed by atoms with Crippen LogP contribution in [-0.2, 0) is 4.79 Å². The molecule has 1 aromatic carbocycles. The first-order chi connectivity index (χ1) is 14.0. The van der Waals surface area contributed by atoms with Gasteiger partial charge in [-0.2, -0.15) is 0 Å². The summed E-state index contributed by atoms with van der Waals surface area (Å²) in [5.74, 6) is 6.22. The number of para-hydroxylation sites is 1. The van der Waals surface area contributed by atoms with Crippen LogP contribution in [0.1, 0.15) is 33.1 Å². The van der Waals surface area contributed by atoms with Crippen molar-refractivity contribution in [3.63, 3.8) is 0 Å². The van der Waals surface area contributed by atoms with Crippen molar-refractivity contribution in [3.05, 3.63) is 46.6 Å². The molecule has 0 saturated carbocycles. The van der Waals surface area contributed by atoms with Crippen molar-refractivity contribution in [2.24, 2.45) is 5.84 Å². The number of halogens is 1. The lowest BCUT2D eigenvalue weighted by molar-refractivity contribution is -0.128. The van der Waals surface area contributed by atoms with E-state index in [4.69, 9.17) is 17.4 Å². The molecule has 3 aliphatic heterocycles. The van der Waals surface area contributed by atoms with Crippen molar-refractivity contribution in [1.82, 2.24) is 15.6 Å². The number of carbonyl (C=O) groups excluding carboxylic acids is 1. The summed E-state index contributed by atoms with van der Waals surface area (Å²) in [6.45, 7) is 5.79. The number of benzene rings is 1. The van der Waals surface area contributed by atoms with Gasteiger partial charge in [-0.05, 0) is 57.5 Å². The minimum atomic E-state index is -0.498. The molecule has 0 radical (unpaired) electrons. The van der Waals surface area contributed by atoms with Crippen LogP contribution in [0.25, 0.3) is 0 Å². The van der Waals surface area contributed by atoms with E-state index in [1.165, 1.54) is 5.01 Å². The van der Waals surface area contributed by atoms with E-state index in [1.54, 1.807) is 0 Å². The third-order valence-corrected chi connectivity index (χ3v) is 6.01. The number of hydrogen-bond acceptors (Lipinski definition) is 6. The first kappa shape index (κ1) is 20.1. The van der Waals surface area contributed by atoms with Gasteiger partial charge in [0.15, 0.2) is 6.29 Å². The van der Waals surface area contributed by atoms with Crippen LogP contribution in [0, 0.1) is 0 Å². The van der Waals surface area contributed by atoms with Crippen molar-refractivity contribution in [1.29, 1.82) is 0 Å². The number of anilines is 2. The molecule has 3 aliphatic rings. The van der Waals surface area contributed by atoms with Gasteiger partial charge in [-0.15, -0.1) is 0 Å². The maximum Gasteiger partial charge on any atom is 0.271 e. The zero-order valence-corrected chi connectivity index (χ0v) is 17.7. The van der Waals surface area contributed by atoms with Gasteiger partial charge in [0.25, 0.3) is 5.91 Å². The molecule has 0 aromatic heterocycles. The van der Waals surface area contributed by atoms with Gasteiger partial charge in [-0.1, -0.05) is 24.1 Å². The van der Waals surface area contributed by atoms with Crippen LogP contribution in [0.15, 0.2) is 41.6 Å². The molecule has 1 aromatic rings. The van der Waals surface area contributed by atoms with Gasteiger partial charge < -0.3 is 20.9 Å². The Labute approximate surface area is 176 Å². The normalized spacial score (nSPS) is 26.5. The van der Waals surface area contributed by atoms with Crippen molar-refractivity contribution < 1.29 is 4.79 Å². The van der Waals surface area contributed by atoms with E-state index in [-0.39, 0.29) is 18.0 Å². The van der Waals surface area contributed by atoms with Crippen LogP contribution in [0.2, 0.25) is 5.02 Å². The van der Waals surface area contributed by atoms with Gasteiger partial charge in [0.05, 0.1) is 16.4 Å². The van der Waals surface area contributed by atoms with Gasteiger partial charge >= 0.3 is 0 Å². The molecule has 1 fully saturated rings. The molecule has 156 valence electrons. The first-order valence-corrected chi connectivity index (χ1v) is 10.6. The number of hydrogen-bond donors (Lipinski definition) is 4. The number of fused-ring (bicyclic) bond motifs is 1. The quantitative estimate of drug-likeness (QED) is 0.344. The largest absolute Gasteiger partial charge is 0.383 e. The highest BCUT2D eigenvalue weighted by atomic mass is 35.5. The number of dihydropyridines is 1. The Balaban J connectivity index is 1.66. The highest BCUT2D eigenvalue weighted by Crippen LogP contribution is 2.43. The van der Waals surface area contributed by atoms with E-state index in [0.29, 0.717) is 10.6 Å². The molecule has 2 unspecified atom stereocenters. The van der Waals surface area contributed by atoms with Crippen LogP contribution in [-0.4, -0.2) is 42.4 Å². The molecule has 1 saturated heterocycles. The summed E-state index contributed by atoms with van der Waals surface area (Å²) in [6.07, 6.45) is 6.53. The highest BCUT2D eigenvalue weighted by Gasteiger charge is 2.40. The molecule has 0 aliphatic carbocycles. The van der Waals surface area contributed by atoms with Crippen LogP contribution < -0.4 is 26.7 Å². The second kappa shape index (κ2) is 8.26. The van der Waals surface area contributed by atoms with Crippen LogP contribution in [0.5, 0.6) is 0 Å². The highest BCUT2D eigenvalue weighted by molar-refractivity contribution is 6.34. The molecule has 0 spiro atoms. The molecule has 3 atom stereocenters. The van der Waals surface area contributed by atoms with Crippen LogP contribution in [0.4, 0.5) is 11.4 Å². The fourth-order valence-electron chi connectivity index (χ4n) is 4.44. The Morgan fingerprint density at radius 2 is 2.14 bits per heavy atom. The molecule has 5 N–H and O–H groups in total. The van der Waals surface area contributed by atoms with E-state index in [9.17, 15) is 4.79 Å². The van der Waals surface area contributed by atoms with Crippen LogP contribution >= 0.6 is 11.6 Å². The molecule has 0 bridgehead atoms. The van der Waals surface area contributed by atoms with Crippen molar-refractivity contribution in [2.45, 2.75) is 51.5 Å². The summed E-state index contributed by atoms with van der Waals surface area (Å²) in [5, 5.41) is 12.2. The molecule has 8 heteroatoms. The number of hydrazine groups is 1. The Hall–Kier alpha value is -2.22. The van der Waals surface area contributed by atoms with Crippen molar-refractivity contribution >= 4 is 28.9 Å². The molecular weight excluding hydrogens is 388 g/mol. The average molecular weight is 417 g/mol. The number of rotatable bonds is 3. The number of nitrogens with one attached hydrogen (secondary N) is 3. The summed E-state index contributed by atoms with van der Waals surface area (Å²) in [6, 6.07) is 6.04. The predicted octanol–water partition coefficient (Wildman–Crippen LogP) is 2.52. The van der Waals surface area contributed by atoms with Gasteiger partial charge in [-0.3, -0.25) is 4.79 Å².